The first-order valence-corrected chi connectivity index (χ1v) is 5.34. The summed E-state index contributed by atoms with van der Waals surface area (Å²) in [7, 11) is 1.53. The van der Waals surface area contributed by atoms with Crippen LogP contribution in [-0.2, 0) is 10.9 Å². The Labute approximate surface area is 103 Å². The van der Waals surface area contributed by atoms with Crippen LogP contribution in [0.4, 0.5) is 18.9 Å². The minimum absolute atomic E-state index is 0.0812. The highest BCUT2D eigenvalue weighted by molar-refractivity contribution is 6.31. The fraction of sp³-hybridized carbons (Fsp3) is 0.455. The Bertz CT molecular complexity index is 381. The number of hydrogen-bond acceptors (Lipinski definition) is 2. The van der Waals surface area contributed by atoms with Crippen LogP contribution in [0.2, 0.25) is 5.02 Å². The number of nitrogens with one attached hydrogen (secondary N) is 1. The van der Waals surface area contributed by atoms with Gasteiger partial charge in [-0.05, 0) is 25.1 Å². The number of anilines is 1. The van der Waals surface area contributed by atoms with Gasteiger partial charge in [0.1, 0.15) is 0 Å². The Kier molecular flexibility index (Phi) is 4.65. The van der Waals surface area contributed by atoms with Crippen molar-refractivity contribution in [3.05, 3.63) is 28.8 Å². The highest BCUT2D eigenvalue weighted by Crippen LogP contribution is 2.36. The first-order valence-electron chi connectivity index (χ1n) is 4.97. The van der Waals surface area contributed by atoms with Crippen LogP contribution in [0.25, 0.3) is 0 Å². The molecule has 0 amide bonds. The summed E-state index contributed by atoms with van der Waals surface area (Å²) in [6.07, 6.45) is -4.45. The fourth-order valence-corrected chi connectivity index (χ4v) is 1.63. The summed E-state index contributed by atoms with van der Waals surface area (Å²) in [4.78, 5) is 0. The van der Waals surface area contributed by atoms with Gasteiger partial charge in [-0.15, -0.1) is 0 Å². The molecule has 1 unspecified atom stereocenters. The number of alkyl halides is 3. The van der Waals surface area contributed by atoms with E-state index in [1.807, 2.05) is 6.92 Å². The summed E-state index contributed by atoms with van der Waals surface area (Å²) in [6, 6.07) is 3.65. The Morgan fingerprint density at radius 2 is 2.06 bits per heavy atom. The molecular formula is C11H13ClF3NO. The first kappa shape index (κ1) is 14.1. The molecule has 0 aliphatic heterocycles. The molecule has 0 spiro atoms. The van der Waals surface area contributed by atoms with Crippen LogP contribution in [0.5, 0.6) is 0 Å². The molecule has 0 bridgehead atoms. The van der Waals surface area contributed by atoms with Crippen LogP contribution >= 0.6 is 11.6 Å². The smallest absolute Gasteiger partial charge is 0.383 e. The van der Waals surface area contributed by atoms with E-state index in [0.29, 0.717) is 12.3 Å². The van der Waals surface area contributed by atoms with Gasteiger partial charge in [-0.1, -0.05) is 11.6 Å². The fourth-order valence-electron chi connectivity index (χ4n) is 1.41. The SMILES string of the molecule is COCC(C)Nc1ccc(Cl)c(C(F)(F)F)c1. The normalized spacial score (nSPS) is 13.5. The molecule has 0 aliphatic carbocycles. The van der Waals surface area contributed by atoms with Crippen molar-refractivity contribution in [3.63, 3.8) is 0 Å². The van der Waals surface area contributed by atoms with E-state index in [0.717, 1.165) is 6.07 Å². The molecule has 0 saturated heterocycles. The van der Waals surface area contributed by atoms with Crippen LogP contribution in [0.1, 0.15) is 12.5 Å². The second-order valence-electron chi connectivity index (χ2n) is 3.69. The summed E-state index contributed by atoms with van der Waals surface area (Å²) in [5.41, 5.74) is -0.472. The molecule has 0 heterocycles. The van der Waals surface area contributed by atoms with E-state index in [1.54, 1.807) is 0 Å². The lowest BCUT2D eigenvalue weighted by Crippen LogP contribution is -2.21. The lowest BCUT2D eigenvalue weighted by atomic mass is 10.2. The summed E-state index contributed by atoms with van der Waals surface area (Å²) in [5, 5.41) is 2.60. The monoisotopic (exact) mass is 267 g/mol. The van der Waals surface area contributed by atoms with E-state index in [-0.39, 0.29) is 11.1 Å². The van der Waals surface area contributed by atoms with Gasteiger partial charge in [-0.25, -0.2) is 0 Å². The van der Waals surface area contributed by atoms with Crippen molar-refractivity contribution in [1.82, 2.24) is 0 Å². The third-order valence-electron chi connectivity index (χ3n) is 2.10. The van der Waals surface area contributed by atoms with E-state index >= 15 is 0 Å². The maximum atomic E-state index is 12.6. The van der Waals surface area contributed by atoms with Crippen molar-refractivity contribution < 1.29 is 17.9 Å². The zero-order valence-electron chi connectivity index (χ0n) is 9.44. The molecule has 96 valence electrons. The molecule has 0 radical (unpaired) electrons. The van der Waals surface area contributed by atoms with E-state index in [4.69, 9.17) is 16.3 Å². The summed E-state index contributed by atoms with van der Waals surface area (Å²) < 4.78 is 42.6. The van der Waals surface area contributed by atoms with Gasteiger partial charge in [0.2, 0.25) is 0 Å². The van der Waals surface area contributed by atoms with Gasteiger partial charge in [0, 0.05) is 18.8 Å². The Morgan fingerprint density at radius 1 is 1.41 bits per heavy atom. The molecule has 1 rings (SSSR count). The van der Waals surface area contributed by atoms with Crippen molar-refractivity contribution in [2.75, 3.05) is 19.0 Å². The number of rotatable bonds is 4. The predicted molar refractivity (Wildman–Crippen MR) is 61.4 cm³/mol. The Morgan fingerprint density at radius 3 is 2.59 bits per heavy atom. The third kappa shape index (κ3) is 4.09. The maximum Gasteiger partial charge on any atom is 0.417 e. The standard InChI is InChI=1S/C11H13ClF3NO/c1-7(6-17-2)16-8-3-4-10(12)9(5-8)11(13,14)15/h3-5,7,16H,6H2,1-2H3. The van der Waals surface area contributed by atoms with E-state index in [2.05, 4.69) is 5.32 Å². The topological polar surface area (TPSA) is 21.3 Å². The van der Waals surface area contributed by atoms with Crippen LogP contribution in [0, 0.1) is 0 Å². The predicted octanol–water partition coefficient (Wildman–Crippen LogP) is 3.81. The molecule has 1 atom stereocenters. The first-order chi connectivity index (χ1) is 7.84. The minimum atomic E-state index is -4.45. The molecular weight excluding hydrogens is 255 g/mol. The average Bonchev–Trinajstić information content (AvgIpc) is 2.19. The van der Waals surface area contributed by atoms with E-state index in [1.165, 1.54) is 19.2 Å². The van der Waals surface area contributed by atoms with Crippen LogP contribution in [0.3, 0.4) is 0 Å². The van der Waals surface area contributed by atoms with Crippen molar-refractivity contribution in [2.45, 2.75) is 19.1 Å². The number of hydrogen-bond donors (Lipinski definition) is 1. The quantitative estimate of drug-likeness (QED) is 0.896. The molecule has 0 saturated carbocycles. The average molecular weight is 268 g/mol. The number of benzene rings is 1. The van der Waals surface area contributed by atoms with Crippen molar-refractivity contribution in [1.29, 1.82) is 0 Å². The third-order valence-corrected chi connectivity index (χ3v) is 2.43. The Hall–Kier alpha value is -0.940. The maximum absolute atomic E-state index is 12.6. The van der Waals surface area contributed by atoms with Crippen molar-refractivity contribution in [2.24, 2.45) is 0 Å². The largest absolute Gasteiger partial charge is 0.417 e. The van der Waals surface area contributed by atoms with Gasteiger partial charge in [-0.2, -0.15) is 13.2 Å². The molecule has 0 aliphatic rings. The van der Waals surface area contributed by atoms with Crippen LogP contribution in [-0.4, -0.2) is 19.8 Å². The number of halogens is 4. The summed E-state index contributed by atoms with van der Waals surface area (Å²) in [5.74, 6) is 0. The van der Waals surface area contributed by atoms with E-state index in [9.17, 15) is 13.2 Å². The molecule has 0 fully saturated rings. The lowest BCUT2D eigenvalue weighted by molar-refractivity contribution is -0.137. The van der Waals surface area contributed by atoms with Crippen LogP contribution < -0.4 is 5.32 Å². The van der Waals surface area contributed by atoms with Crippen molar-refractivity contribution in [3.8, 4) is 0 Å². The highest BCUT2D eigenvalue weighted by atomic mass is 35.5. The molecule has 0 aromatic heterocycles. The minimum Gasteiger partial charge on any atom is -0.383 e. The lowest BCUT2D eigenvalue weighted by Gasteiger charge is -2.16. The van der Waals surface area contributed by atoms with Gasteiger partial charge in [0.25, 0.3) is 0 Å². The van der Waals surface area contributed by atoms with Gasteiger partial charge in [0.15, 0.2) is 0 Å². The zero-order valence-corrected chi connectivity index (χ0v) is 10.2. The zero-order chi connectivity index (χ0) is 13.1. The molecule has 6 heteroatoms. The van der Waals surface area contributed by atoms with E-state index < -0.39 is 11.7 Å². The van der Waals surface area contributed by atoms with Gasteiger partial charge in [-0.3, -0.25) is 0 Å². The van der Waals surface area contributed by atoms with Gasteiger partial charge in [0.05, 0.1) is 17.2 Å². The number of ether oxygens (including phenoxy) is 1. The summed E-state index contributed by atoms with van der Waals surface area (Å²) >= 11 is 5.51. The van der Waals surface area contributed by atoms with Crippen molar-refractivity contribution >= 4 is 17.3 Å². The highest BCUT2D eigenvalue weighted by Gasteiger charge is 2.33. The second kappa shape index (κ2) is 5.60. The molecule has 2 nitrogen and oxygen atoms in total. The van der Waals surface area contributed by atoms with Gasteiger partial charge >= 0.3 is 6.18 Å². The molecule has 17 heavy (non-hydrogen) atoms. The molecule has 1 N–H and O–H groups in total. The second-order valence-corrected chi connectivity index (χ2v) is 4.10. The van der Waals surface area contributed by atoms with Gasteiger partial charge < -0.3 is 10.1 Å². The molecule has 1 aromatic carbocycles. The van der Waals surface area contributed by atoms with Crippen LogP contribution in [0.15, 0.2) is 18.2 Å². The molecule has 1 aromatic rings. The summed E-state index contributed by atoms with van der Waals surface area (Å²) in [6.45, 7) is 2.22. The number of methoxy groups -OCH3 is 1. The Balaban J connectivity index is 2.89.